The minimum atomic E-state index is -0.950. The summed E-state index contributed by atoms with van der Waals surface area (Å²) in [5.74, 6) is -0.900. The Labute approximate surface area is 148 Å². The lowest BCUT2D eigenvalue weighted by molar-refractivity contribution is -0.385. The quantitative estimate of drug-likeness (QED) is 0.616. The minimum absolute atomic E-state index is 0.0332. The Kier molecular flexibility index (Phi) is 7.56. The van der Waals surface area contributed by atoms with Gasteiger partial charge in [0.15, 0.2) is 0 Å². The number of hydrogen-bond acceptors (Lipinski definition) is 6. The summed E-state index contributed by atoms with van der Waals surface area (Å²) in [5, 5.41) is 28.9. The number of carboxylic acids is 1. The van der Waals surface area contributed by atoms with E-state index in [1.54, 1.807) is 12.1 Å². The normalized spacial score (nSPS) is 9.58. The molecule has 0 saturated heterocycles. The van der Waals surface area contributed by atoms with Crippen molar-refractivity contribution < 1.29 is 24.5 Å². The fourth-order valence-electron chi connectivity index (χ4n) is 1.93. The molecule has 0 spiro atoms. The van der Waals surface area contributed by atoms with E-state index in [1.165, 1.54) is 43.3 Å². The average Bonchev–Trinajstić information content (AvgIpc) is 2.55. The molecule has 9 nitrogen and oxygen atoms in total. The van der Waals surface area contributed by atoms with Gasteiger partial charge < -0.3 is 5.11 Å². The highest BCUT2D eigenvalue weighted by molar-refractivity contribution is 5.78. The number of Topliss-reactive ketones (excluding diaryl/α,β-unsaturated/α-hetero) is 1. The van der Waals surface area contributed by atoms with E-state index in [0.717, 1.165) is 5.56 Å². The lowest BCUT2D eigenvalue weighted by Crippen LogP contribution is -1.99. The van der Waals surface area contributed by atoms with Crippen LogP contribution in [-0.4, -0.2) is 26.7 Å². The summed E-state index contributed by atoms with van der Waals surface area (Å²) < 4.78 is 0. The standard InChI is InChI=1S/C9H9NO3.C8H7NO4/c1-7(11)6-8-2-4-9(5-3-8)10(12)13;10-8(11)5-6-1-3-7(4-2-6)9(12)13/h2-5H,6H2,1H3;1-4H,5H2,(H,10,11). The molecular weight excluding hydrogens is 344 g/mol. The van der Waals surface area contributed by atoms with Crippen LogP contribution >= 0.6 is 0 Å². The van der Waals surface area contributed by atoms with Gasteiger partial charge in [-0.25, -0.2) is 0 Å². The number of aliphatic carboxylic acids is 1. The number of nitro benzene ring substituents is 2. The molecular formula is C17H16N2O7. The first-order valence-corrected chi connectivity index (χ1v) is 7.37. The van der Waals surface area contributed by atoms with Gasteiger partial charge in [0.2, 0.25) is 0 Å². The van der Waals surface area contributed by atoms with Crippen molar-refractivity contribution in [3.05, 3.63) is 79.9 Å². The zero-order chi connectivity index (χ0) is 19.7. The summed E-state index contributed by atoms with van der Waals surface area (Å²) >= 11 is 0. The zero-order valence-corrected chi connectivity index (χ0v) is 13.8. The van der Waals surface area contributed by atoms with E-state index in [9.17, 15) is 29.8 Å². The van der Waals surface area contributed by atoms with E-state index in [0.29, 0.717) is 12.0 Å². The first kappa shape index (κ1) is 20.4. The summed E-state index contributed by atoms with van der Waals surface area (Å²) in [4.78, 5) is 40.5. The number of benzene rings is 2. The van der Waals surface area contributed by atoms with Crippen LogP contribution in [0.1, 0.15) is 18.1 Å². The number of ketones is 1. The second-order valence-electron chi connectivity index (χ2n) is 5.30. The van der Waals surface area contributed by atoms with Crippen molar-refractivity contribution in [3.8, 4) is 0 Å². The Balaban J connectivity index is 0.000000260. The highest BCUT2D eigenvalue weighted by atomic mass is 16.6. The van der Waals surface area contributed by atoms with Crippen molar-refractivity contribution >= 4 is 23.1 Å². The molecule has 0 unspecified atom stereocenters. The van der Waals surface area contributed by atoms with Gasteiger partial charge in [-0.3, -0.25) is 29.8 Å². The number of carbonyl (C=O) groups is 2. The first-order chi connectivity index (χ1) is 12.2. The Morgan fingerprint density at radius 3 is 1.42 bits per heavy atom. The molecule has 0 aliphatic heterocycles. The molecule has 0 heterocycles. The van der Waals surface area contributed by atoms with E-state index >= 15 is 0 Å². The third-order valence-corrected chi connectivity index (χ3v) is 3.10. The monoisotopic (exact) mass is 360 g/mol. The molecule has 26 heavy (non-hydrogen) atoms. The first-order valence-electron chi connectivity index (χ1n) is 7.37. The van der Waals surface area contributed by atoms with Gasteiger partial charge in [-0.2, -0.15) is 0 Å². The third-order valence-electron chi connectivity index (χ3n) is 3.10. The van der Waals surface area contributed by atoms with Crippen LogP contribution in [0, 0.1) is 20.2 Å². The average molecular weight is 360 g/mol. The van der Waals surface area contributed by atoms with Gasteiger partial charge in [-0.15, -0.1) is 0 Å². The molecule has 0 atom stereocenters. The van der Waals surface area contributed by atoms with Crippen molar-refractivity contribution in [2.75, 3.05) is 0 Å². The van der Waals surface area contributed by atoms with E-state index in [2.05, 4.69) is 0 Å². The Bertz CT molecular complexity index is 729. The lowest BCUT2D eigenvalue weighted by Gasteiger charge is -1.96. The molecule has 0 aliphatic rings. The van der Waals surface area contributed by atoms with Crippen LogP contribution in [0.3, 0.4) is 0 Å². The molecule has 0 fully saturated rings. The molecule has 0 aliphatic carbocycles. The largest absolute Gasteiger partial charge is 0.481 e. The predicted octanol–water partition coefficient (Wildman–Crippen LogP) is 2.95. The van der Waals surface area contributed by atoms with E-state index in [1.807, 2.05) is 0 Å². The fourth-order valence-corrected chi connectivity index (χ4v) is 1.93. The SMILES string of the molecule is CC(=O)Cc1ccc([N+](=O)[O-])cc1.O=C(O)Cc1ccc([N+](=O)[O-])cc1. The van der Waals surface area contributed by atoms with Gasteiger partial charge in [0.1, 0.15) is 5.78 Å². The van der Waals surface area contributed by atoms with Gasteiger partial charge in [-0.05, 0) is 18.1 Å². The smallest absolute Gasteiger partial charge is 0.307 e. The van der Waals surface area contributed by atoms with Gasteiger partial charge in [0.25, 0.3) is 11.4 Å². The summed E-state index contributed by atoms with van der Waals surface area (Å²) in [6, 6.07) is 11.4. The van der Waals surface area contributed by atoms with E-state index in [-0.39, 0.29) is 23.6 Å². The van der Waals surface area contributed by atoms with Gasteiger partial charge in [0.05, 0.1) is 16.3 Å². The third kappa shape index (κ3) is 7.30. The lowest BCUT2D eigenvalue weighted by atomic mass is 10.1. The Morgan fingerprint density at radius 2 is 1.15 bits per heavy atom. The van der Waals surface area contributed by atoms with Crippen LogP contribution < -0.4 is 0 Å². The molecule has 0 aromatic heterocycles. The molecule has 9 heteroatoms. The molecule has 1 N–H and O–H groups in total. The number of nitrogens with zero attached hydrogens (tertiary/aromatic N) is 2. The van der Waals surface area contributed by atoms with Gasteiger partial charge >= 0.3 is 5.97 Å². The number of non-ortho nitro benzene ring substituents is 2. The molecule has 2 aromatic rings. The molecule has 2 aromatic carbocycles. The second-order valence-corrected chi connectivity index (χ2v) is 5.30. The van der Waals surface area contributed by atoms with Crippen molar-refractivity contribution in [1.82, 2.24) is 0 Å². The van der Waals surface area contributed by atoms with Gasteiger partial charge in [0, 0.05) is 30.7 Å². The van der Waals surface area contributed by atoms with Crippen molar-refractivity contribution in [3.63, 3.8) is 0 Å². The van der Waals surface area contributed by atoms with Crippen LogP contribution in [-0.2, 0) is 22.4 Å². The molecule has 0 amide bonds. The van der Waals surface area contributed by atoms with Crippen LogP contribution in [0.2, 0.25) is 0 Å². The number of nitro groups is 2. The van der Waals surface area contributed by atoms with Crippen LogP contribution in [0.25, 0.3) is 0 Å². The maximum Gasteiger partial charge on any atom is 0.307 e. The molecule has 2 rings (SSSR count). The molecule has 136 valence electrons. The predicted molar refractivity (Wildman–Crippen MR) is 91.9 cm³/mol. The zero-order valence-electron chi connectivity index (χ0n) is 13.8. The van der Waals surface area contributed by atoms with Gasteiger partial charge in [-0.1, -0.05) is 24.3 Å². The van der Waals surface area contributed by atoms with Crippen LogP contribution in [0.4, 0.5) is 11.4 Å². The minimum Gasteiger partial charge on any atom is -0.481 e. The maximum absolute atomic E-state index is 10.7. The summed E-state index contributed by atoms with van der Waals surface area (Å²) in [7, 11) is 0. The second kappa shape index (κ2) is 9.62. The van der Waals surface area contributed by atoms with E-state index < -0.39 is 15.8 Å². The molecule has 0 saturated carbocycles. The Morgan fingerprint density at radius 1 is 0.808 bits per heavy atom. The maximum atomic E-state index is 10.7. The van der Waals surface area contributed by atoms with Crippen molar-refractivity contribution in [2.24, 2.45) is 0 Å². The van der Waals surface area contributed by atoms with Crippen molar-refractivity contribution in [1.29, 1.82) is 0 Å². The van der Waals surface area contributed by atoms with Crippen molar-refractivity contribution in [2.45, 2.75) is 19.8 Å². The summed E-state index contributed by atoms with van der Waals surface area (Å²) in [5.41, 5.74) is 1.37. The van der Waals surface area contributed by atoms with Crippen LogP contribution in [0.5, 0.6) is 0 Å². The topological polar surface area (TPSA) is 141 Å². The highest BCUT2D eigenvalue weighted by Gasteiger charge is 2.06. The summed E-state index contributed by atoms with van der Waals surface area (Å²) in [6.07, 6.45) is 0.218. The number of rotatable bonds is 6. The summed E-state index contributed by atoms with van der Waals surface area (Å²) in [6.45, 7) is 1.49. The number of hydrogen-bond donors (Lipinski definition) is 1. The highest BCUT2D eigenvalue weighted by Crippen LogP contribution is 2.13. The Hall–Kier alpha value is -3.62. The fraction of sp³-hybridized carbons (Fsp3) is 0.176. The number of carboxylic acid groups (broad SMARTS) is 1. The van der Waals surface area contributed by atoms with Crippen LogP contribution in [0.15, 0.2) is 48.5 Å². The number of carbonyl (C=O) groups excluding carboxylic acids is 1. The van der Waals surface area contributed by atoms with E-state index in [4.69, 9.17) is 5.11 Å². The molecule has 0 radical (unpaired) electrons. The molecule has 0 bridgehead atoms.